The minimum Gasteiger partial charge on any atom is -0.289 e. The zero-order valence-electron chi connectivity index (χ0n) is 12.7. The minimum atomic E-state index is -0.495. The lowest BCUT2D eigenvalue weighted by atomic mass is 9.89. The van der Waals surface area contributed by atoms with E-state index < -0.39 is 4.92 Å². The molecule has 0 saturated carbocycles. The maximum atomic E-state index is 12.1. The SMILES string of the molecule is CC(C)(C)c1[nH]ncc1/C=C/C(=O)c1ccc([N+](=O)[O-])cc1. The number of aromatic amines is 1. The first-order valence-electron chi connectivity index (χ1n) is 6.80. The molecule has 0 atom stereocenters. The van der Waals surface area contributed by atoms with E-state index in [1.165, 1.54) is 30.3 Å². The van der Waals surface area contributed by atoms with Crippen molar-refractivity contribution < 1.29 is 9.72 Å². The van der Waals surface area contributed by atoms with E-state index in [1.54, 1.807) is 12.3 Å². The Morgan fingerprint density at radius 2 is 1.91 bits per heavy atom. The van der Waals surface area contributed by atoms with E-state index in [0.717, 1.165) is 11.3 Å². The number of aromatic nitrogens is 2. The van der Waals surface area contributed by atoms with Gasteiger partial charge in [-0.1, -0.05) is 20.8 Å². The van der Waals surface area contributed by atoms with E-state index in [9.17, 15) is 14.9 Å². The van der Waals surface area contributed by atoms with E-state index in [4.69, 9.17) is 0 Å². The Bertz CT molecular complexity index is 722. The third-order valence-corrected chi connectivity index (χ3v) is 3.20. The Balaban J connectivity index is 2.18. The number of allylic oxidation sites excluding steroid dienone is 1. The second-order valence-electron chi connectivity index (χ2n) is 5.95. The van der Waals surface area contributed by atoms with Crippen LogP contribution in [0.2, 0.25) is 0 Å². The first kappa shape index (κ1) is 15.6. The molecular formula is C16H17N3O3. The maximum Gasteiger partial charge on any atom is 0.269 e. The number of carbonyl (C=O) groups is 1. The summed E-state index contributed by atoms with van der Waals surface area (Å²) < 4.78 is 0. The highest BCUT2D eigenvalue weighted by atomic mass is 16.6. The van der Waals surface area contributed by atoms with Gasteiger partial charge in [-0.25, -0.2) is 0 Å². The Kier molecular flexibility index (Phi) is 4.21. The number of hydrogen-bond donors (Lipinski definition) is 1. The van der Waals surface area contributed by atoms with E-state index >= 15 is 0 Å². The molecule has 0 unspecified atom stereocenters. The van der Waals surface area contributed by atoms with Crippen LogP contribution in [-0.4, -0.2) is 20.9 Å². The lowest BCUT2D eigenvalue weighted by molar-refractivity contribution is -0.384. The van der Waals surface area contributed by atoms with Crippen LogP contribution in [0.4, 0.5) is 5.69 Å². The first-order chi connectivity index (χ1) is 10.3. The molecule has 2 aromatic rings. The van der Waals surface area contributed by atoms with Gasteiger partial charge in [-0.15, -0.1) is 0 Å². The van der Waals surface area contributed by atoms with Gasteiger partial charge in [0.1, 0.15) is 0 Å². The van der Waals surface area contributed by atoms with E-state index in [1.807, 2.05) is 0 Å². The second-order valence-corrected chi connectivity index (χ2v) is 5.95. The summed E-state index contributed by atoms with van der Waals surface area (Å²) in [6, 6.07) is 5.54. The van der Waals surface area contributed by atoms with Crippen LogP contribution in [0.1, 0.15) is 42.4 Å². The highest BCUT2D eigenvalue weighted by molar-refractivity contribution is 6.06. The molecule has 0 aliphatic heterocycles. The molecule has 6 heteroatoms. The summed E-state index contributed by atoms with van der Waals surface area (Å²) in [7, 11) is 0. The van der Waals surface area contributed by atoms with Crippen molar-refractivity contribution in [3.8, 4) is 0 Å². The number of benzene rings is 1. The number of hydrogen-bond acceptors (Lipinski definition) is 4. The molecule has 0 bridgehead atoms. The minimum absolute atomic E-state index is 0.0367. The number of nitro benzene ring substituents is 1. The van der Waals surface area contributed by atoms with Gasteiger partial charge in [0.25, 0.3) is 5.69 Å². The summed E-state index contributed by atoms with van der Waals surface area (Å²) in [5.74, 6) is -0.212. The van der Waals surface area contributed by atoms with E-state index in [0.29, 0.717) is 5.56 Å². The number of H-pyrrole nitrogens is 1. The lowest BCUT2D eigenvalue weighted by Crippen LogP contribution is -2.13. The fraction of sp³-hybridized carbons (Fsp3) is 0.250. The van der Waals surface area contributed by atoms with Gasteiger partial charge in [-0.2, -0.15) is 5.10 Å². The standard InChI is InChI=1S/C16H17N3O3/c1-16(2,3)15-12(10-17-18-15)6-9-14(20)11-4-7-13(8-5-11)19(21)22/h4-10H,1-3H3,(H,17,18)/b9-6+. The van der Waals surface area contributed by atoms with Crippen LogP contribution >= 0.6 is 0 Å². The van der Waals surface area contributed by atoms with Crippen LogP contribution in [0.25, 0.3) is 6.08 Å². The molecule has 6 nitrogen and oxygen atoms in total. The summed E-state index contributed by atoms with van der Waals surface area (Å²) in [6.45, 7) is 6.15. The fourth-order valence-electron chi connectivity index (χ4n) is 2.03. The van der Waals surface area contributed by atoms with Gasteiger partial charge in [0.2, 0.25) is 0 Å². The van der Waals surface area contributed by atoms with Crippen LogP contribution < -0.4 is 0 Å². The number of carbonyl (C=O) groups excluding carboxylic acids is 1. The second kappa shape index (κ2) is 5.93. The lowest BCUT2D eigenvalue weighted by Gasteiger charge is -2.17. The summed E-state index contributed by atoms with van der Waals surface area (Å²) in [6.07, 6.45) is 4.81. The van der Waals surface area contributed by atoms with Gasteiger partial charge < -0.3 is 0 Å². The Morgan fingerprint density at radius 3 is 2.45 bits per heavy atom. The predicted octanol–water partition coefficient (Wildman–Crippen LogP) is 3.51. The zero-order valence-corrected chi connectivity index (χ0v) is 12.7. The molecule has 0 aliphatic rings. The number of nitro groups is 1. The molecule has 0 saturated heterocycles. The third kappa shape index (κ3) is 3.46. The molecule has 0 amide bonds. The first-order valence-corrected chi connectivity index (χ1v) is 6.80. The third-order valence-electron chi connectivity index (χ3n) is 3.20. The molecule has 2 rings (SSSR count). The van der Waals surface area contributed by atoms with Gasteiger partial charge in [0.05, 0.1) is 11.1 Å². The van der Waals surface area contributed by atoms with Crippen LogP contribution in [0.5, 0.6) is 0 Å². The summed E-state index contributed by atoms with van der Waals surface area (Å²) in [5.41, 5.74) is 2.06. The van der Waals surface area contributed by atoms with Crippen molar-refractivity contribution in [2.24, 2.45) is 0 Å². The van der Waals surface area contributed by atoms with Gasteiger partial charge in [0, 0.05) is 34.4 Å². The molecule has 0 spiro atoms. The van der Waals surface area contributed by atoms with Gasteiger partial charge in [0.15, 0.2) is 5.78 Å². The Morgan fingerprint density at radius 1 is 1.27 bits per heavy atom. The van der Waals surface area contributed by atoms with Crippen molar-refractivity contribution in [1.82, 2.24) is 10.2 Å². The van der Waals surface area contributed by atoms with Gasteiger partial charge >= 0.3 is 0 Å². The number of nitrogens with one attached hydrogen (secondary N) is 1. The van der Waals surface area contributed by atoms with Gasteiger partial charge in [-0.3, -0.25) is 20.0 Å². The normalized spacial score (nSPS) is 11.8. The molecule has 1 N–H and O–H groups in total. The monoisotopic (exact) mass is 299 g/mol. The zero-order chi connectivity index (χ0) is 16.3. The van der Waals surface area contributed by atoms with E-state index in [-0.39, 0.29) is 16.9 Å². The maximum absolute atomic E-state index is 12.1. The quantitative estimate of drug-likeness (QED) is 0.405. The molecule has 1 aromatic carbocycles. The molecule has 114 valence electrons. The predicted molar refractivity (Wildman–Crippen MR) is 83.7 cm³/mol. The molecule has 0 fully saturated rings. The number of rotatable bonds is 4. The highest BCUT2D eigenvalue weighted by Crippen LogP contribution is 2.24. The highest BCUT2D eigenvalue weighted by Gasteiger charge is 2.18. The molecule has 1 aromatic heterocycles. The topological polar surface area (TPSA) is 88.9 Å². The summed E-state index contributed by atoms with van der Waals surface area (Å²) in [5, 5.41) is 17.5. The molecule has 22 heavy (non-hydrogen) atoms. The summed E-state index contributed by atoms with van der Waals surface area (Å²) >= 11 is 0. The smallest absolute Gasteiger partial charge is 0.269 e. The average Bonchev–Trinajstić information content (AvgIpc) is 2.93. The fourth-order valence-corrected chi connectivity index (χ4v) is 2.03. The van der Waals surface area contributed by atoms with Crippen molar-refractivity contribution in [2.45, 2.75) is 26.2 Å². The van der Waals surface area contributed by atoms with E-state index in [2.05, 4.69) is 31.0 Å². The van der Waals surface area contributed by atoms with Crippen LogP contribution in [0, 0.1) is 10.1 Å². The van der Waals surface area contributed by atoms with Crippen molar-refractivity contribution in [3.05, 3.63) is 63.5 Å². The van der Waals surface area contributed by atoms with Crippen molar-refractivity contribution in [3.63, 3.8) is 0 Å². The number of nitrogens with zero attached hydrogens (tertiary/aromatic N) is 2. The Labute approximate surface area is 128 Å². The number of ketones is 1. The van der Waals surface area contributed by atoms with Crippen molar-refractivity contribution in [1.29, 1.82) is 0 Å². The molecular weight excluding hydrogens is 282 g/mol. The molecule has 0 radical (unpaired) electrons. The average molecular weight is 299 g/mol. The van der Waals surface area contributed by atoms with Crippen LogP contribution in [0.15, 0.2) is 36.5 Å². The Hall–Kier alpha value is -2.76. The molecule has 0 aliphatic carbocycles. The van der Waals surface area contributed by atoms with Crippen molar-refractivity contribution in [2.75, 3.05) is 0 Å². The van der Waals surface area contributed by atoms with Crippen LogP contribution in [-0.2, 0) is 5.41 Å². The largest absolute Gasteiger partial charge is 0.289 e. The van der Waals surface area contributed by atoms with Crippen LogP contribution in [0.3, 0.4) is 0 Å². The van der Waals surface area contributed by atoms with Gasteiger partial charge in [-0.05, 0) is 24.3 Å². The number of non-ortho nitro benzene ring substituents is 1. The molecule has 1 heterocycles. The summed E-state index contributed by atoms with van der Waals surface area (Å²) in [4.78, 5) is 22.2. The van der Waals surface area contributed by atoms with Crippen molar-refractivity contribution >= 4 is 17.5 Å².